The average molecular weight is 642 g/mol. The molecule has 2 N–H and O–H groups in total. The number of fused-ring (bicyclic) bond motifs is 1. The van der Waals surface area contributed by atoms with Crippen LogP contribution in [0.15, 0.2) is 67.1 Å². The summed E-state index contributed by atoms with van der Waals surface area (Å²) >= 11 is 6.52. The first-order valence-corrected chi connectivity index (χ1v) is 16.5. The summed E-state index contributed by atoms with van der Waals surface area (Å²) in [4.78, 5) is 36.3. The summed E-state index contributed by atoms with van der Waals surface area (Å²) in [6.45, 7) is 1.76. The fourth-order valence-corrected chi connectivity index (χ4v) is 8.00. The Labute approximate surface area is 272 Å². The van der Waals surface area contributed by atoms with Crippen molar-refractivity contribution in [2.24, 2.45) is 11.8 Å². The third-order valence-corrected chi connectivity index (χ3v) is 10.2. The number of pyridine rings is 1. The van der Waals surface area contributed by atoms with E-state index in [1.165, 1.54) is 42.3 Å². The number of carbonyl (C=O) groups excluding carboxylic acids is 2. The highest BCUT2D eigenvalue weighted by atomic mass is 35.5. The first-order chi connectivity index (χ1) is 22.4. The Bertz CT molecular complexity index is 1710. The average Bonchev–Trinajstić information content (AvgIpc) is 3.84. The van der Waals surface area contributed by atoms with Crippen molar-refractivity contribution >= 4 is 34.8 Å². The third kappa shape index (κ3) is 5.86. The minimum absolute atomic E-state index is 0.0672. The van der Waals surface area contributed by atoms with Crippen molar-refractivity contribution in [1.29, 1.82) is 0 Å². The second-order valence-electron chi connectivity index (χ2n) is 12.8. The fraction of sp³-hybridized carbons (Fsp3) is 0.400. The van der Waals surface area contributed by atoms with Crippen LogP contribution < -0.4 is 10.6 Å². The van der Waals surface area contributed by atoms with Crippen LogP contribution >= 0.6 is 11.6 Å². The van der Waals surface area contributed by atoms with Crippen LogP contribution in [0.4, 0.5) is 15.8 Å². The molecule has 2 amide bonds. The predicted molar refractivity (Wildman–Crippen MR) is 174 cm³/mol. The first kappa shape index (κ1) is 30.3. The number of aromatic nitrogens is 4. The van der Waals surface area contributed by atoms with Crippen LogP contribution in [0.2, 0.25) is 5.02 Å². The largest absolute Gasteiger partial charge is 0.382 e. The zero-order valence-corrected chi connectivity index (χ0v) is 26.5. The van der Waals surface area contributed by atoms with E-state index in [0.717, 1.165) is 43.4 Å². The summed E-state index contributed by atoms with van der Waals surface area (Å²) in [5.74, 6) is -1.28. The van der Waals surface area contributed by atoms with E-state index < -0.39 is 17.8 Å². The number of piperidine rings is 1. The van der Waals surface area contributed by atoms with Crippen molar-refractivity contribution in [1.82, 2.24) is 24.9 Å². The number of benzene rings is 2. The lowest BCUT2D eigenvalue weighted by atomic mass is 9.76. The second-order valence-corrected chi connectivity index (χ2v) is 13.2. The molecule has 3 fully saturated rings. The van der Waals surface area contributed by atoms with Gasteiger partial charge in [-0.15, -0.1) is 4.80 Å². The van der Waals surface area contributed by atoms with Gasteiger partial charge in [-0.2, -0.15) is 10.2 Å². The third-order valence-electron chi connectivity index (χ3n) is 9.90. The van der Waals surface area contributed by atoms with Crippen molar-refractivity contribution in [2.75, 3.05) is 10.6 Å². The Morgan fingerprint density at radius 1 is 0.957 bits per heavy atom. The van der Waals surface area contributed by atoms with Gasteiger partial charge in [-0.3, -0.25) is 9.59 Å². The Kier molecular flexibility index (Phi) is 8.46. The number of carbonyl (C=O) groups is 2. The maximum atomic E-state index is 15.3. The Hall–Kier alpha value is -4.31. The van der Waals surface area contributed by atoms with Gasteiger partial charge in [0.05, 0.1) is 46.8 Å². The molecule has 11 heteroatoms. The van der Waals surface area contributed by atoms with E-state index in [2.05, 4.69) is 25.8 Å². The van der Waals surface area contributed by atoms with Gasteiger partial charge in [0.25, 0.3) is 5.91 Å². The van der Waals surface area contributed by atoms with E-state index >= 15 is 4.39 Å². The van der Waals surface area contributed by atoms with Crippen LogP contribution in [0.1, 0.15) is 78.9 Å². The van der Waals surface area contributed by atoms with Crippen molar-refractivity contribution < 1.29 is 14.0 Å². The topological polar surface area (TPSA) is 105 Å². The monoisotopic (exact) mass is 641 g/mol. The molecule has 2 aliphatic carbocycles. The van der Waals surface area contributed by atoms with Crippen LogP contribution in [0.5, 0.6) is 0 Å². The van der Waals surface area contributed by atoms with Gasteiger partial charge in [0.1, 0.15) is 5.82 Å². The lowest BCUT2D eigenvalue weighted by Gasteiger charge is -2.48. The van der Waals surface area contributed by atoms with Crippen molar-refractivity contribution in [3.05, 3.63) is 94.7 Å². The van der Waals surface area contributed by atoms with Crippen LogP contribution in [0.3, 0.4) is 0 Å². The molecule has 2 unspecified atom stereocenters. The van der Waals surface area contributed by atoms with Gasteiger partial charge in [0.2, 0.25) is 5.91 Å². The molecule has 7 rings (SSSR count). The lowest BCUT2D eigenvalue weighted by Crippen LogP contribution is -2.54. The van der Waals surface area contributed by atoms with Gasteiger partial charge >= 0.3 is 0 Å². The molecule has 2 saturated carbocycles. The quantitative estimate of drug-likeness (QED) is 0.222. The first-order valence-electron chi connectivity index (χ1n) is 16.1. The lowest BCUT2D eigenvalue weighted by molar-refractivity contribution is -0.125. The summed E-state index contributed by atoms with van der Waals surface area (Å²) in [6, 6.07) is 14.2. The summed E-state index contributed by atoms with van der Waals surface area (Å²) in [5, 5.41) is 15.1. The molecule has 0 radical (unpaired) electrons. The fourth-order valence-electron chi connectivity index (χ4n) is 7.75. The van der Waals surface area contributed by atoms with Crippen LogP contribution in [-0.2, 0) is 4.79 Å². The van der Waals surface area contributed by atoms with Gasteiger partial charge in [-0.05, 0) is 80.3 Å². The van der Waals surface area contributed by atoms with Crippen molar-refractivity contribution in [3.8, 4) is 5.82 Å². The maximum Gasteiger partial charge on any atom is 0.257 e. The number of aryl methyl sites for hydroxylation is 1. The molecule has 3 heterocycles. The van der Waals surface area contributed by atoms with Gasteiger partial charge in [0, 0.05) is 17.8 Å². The minimum Gasteiger partial charge on any atom is -0.382 e. The molecule has 0 spiro atoms. The molecule has 4 aromatic rings. The standard InChI is InChI=1S/C35H37ClFN7O2/c1-21-6-4-10-29(37)31(21)35(46)43-30-11-5-7-23(30)18-27(32(43)22-12-14-25(15-13-22)41-24-8-2-3-9-24)34(45)42-26-19-28(36)33(38-20-26)44-39-16-17-40-44/h4,6,10,12-17,19-20,23-24,27,30,32,41H,2-3,5,7-9,11,18H2,1H3,(H,42,45)/t23-,27?,30-,32?/m0/s1. The molecule has 0 bridgehead atoms. The maximum absolute atomic E-state index is 15.3. The summed E-state index contributed by atoms with van der Waals surface area (Å²) in [7, 11) is 0. The highest BCUT2D eigenvalue weighted by Gasteiger charge is 2.50. The number of nitrogens with zero attached hydrogens (tertiary/aromatic N) is 5. The predicted octanol–water partition coefficient (Wildman–Crippen LogP) is 7.13. The normalized spacial score (nSPS) is 22.9. The summed E-state index contributed by atoms with van der Waals surface area (Å²) < 4.78 is 15.3. The number of anilines is 2. The van der Waals surface area contributed by atoms with Crippen LogP contribution in [0, 0.1) is 24.6 Å². The number of nitrogens with one attached hydrogen (secondary N) is 2. The molecule has 2 aromatic heterocycles. The van der Waals surface area contributed by atoms with E-state index in [9.17, 15) is 9.59 Å². The Balaban J connectivity index is 1.25. The number of likely N-dealkylation sites (tertiary alicyclic amines) is 1. The second kappa shape index (κ2) is 12.8. The van der Waals surface area contributed by atoms with E-state index in [-0.39, 0.29) is 34.4 Å². The van der Waals surface area contributed by atoms with Gasteiger partial charge < -0.3 is 15.5 Å². The molecule has 4 atom stereocenters. The molecule has 1 saturated heterocycles. The van der Waals surface area contributed by atoms with Crippen molar-refractivity contribution in [2.45, 2.75) is 76.4 Å². The van der Waals surface area contributed by atoms with E-state index in [0.29, 0.717) is 29.5 Å². The van der Waals surface area contributed by atoms with Crippen LogP contribution in [-0.4, -0.2) is 48.8 Å². The SMILES string of the molecule is Cc1cccc(F)c1C(=O)N1C(c2ccc(NC3CCCC3)cc2)C(C(=O)Nc2cnc(-n3nccn3)c(Cl)c2)C[C@@H]2CCC[C@@H]21. The Morgan fingerprint density at radius 3 is 2.43 bits per heavy atom. The van der Waals surface area contributed by atoms with Crippen LogP contribution in [0.25, 0.3) is 5.82 Å². The summed E-state index contributed by atoms with van der Waals surface area (Å²) in [6.07, 6.45) is 12.6. The molecule has 2 aromatic carbocycles. The molecule has 9 nitrogen and oxygen atoms in total. The van der Waals surface area contributed by atoms with Gasteiger partial charge in [-0.25, -0.2) is 9.37 Å². The van der Waals surface area contributed by atoms with E-state index in [1.54, 1.807) is 25.1 Å². The van der Waals surface area contributed by atoms with Crippen molar-refractivity contribution in [3.63, 3.8) is 0 Å². The van der Waals surface area contributed by atoms with E-state index in [1.807, 2.05) is 29.2 Å². The molecular weight excluding hydrogens is 605 g/mol. The molecule has 238 valence electrons. The van der Waals surface area contributed by atoms with Gasteiger partial charge in [-0.1, -0.05) is 55.1 Å². The highest BCUT2D eigenvalue weighted by Crippen LogP contribution is 2.49. The Morgan fingerprint density at radius 2 is 1.72 bits per heavy atom. The number of hydrogen-bond acceptors (Lipinski definition) is 6. The zero-order valence-electron chi connectivity index (χ0n) is 25.7. The number of rotatable bonds is 7. The molecule has 3 aliphatic rings. The number of hydrogen-bond donors (Lipinski definition) is 2. The highest BCUT2D eigenvalue weighted by molar-refractivity contribution is 6.32. The molecular formula is C35H37ClFN7O2. The molecule has 46 heavy (non-hydrogen) atoms. The van der Waals surface area contributed by atoms with Gasteiger partial charge in [0.15, 0.2) is 5.82 Å². The minimum atomic E-state index is -0.595. The molecule has 1 aliphatic heterocycles. The zero-order chi connectivity index (χ0) is 31.8. The number of amides is 2. The number of halogens is 2. The van der Waals surface area contributed by atoms with E-state index in [4.69, 9.17) is 11.6 Å². The summed E-state index contributed by atoms with van der Waals surface area (Å²) in [5.41, 5.74) is 2.94. The smallest absolute Gasteiger partial charge is 0.257 e.